The molecule has 276 valence electrons. The molecule has 2 aromatic heterocycles. The second kappa shape index (κ2) is 16.8. The molecular weight excluding hydrogens is 684 g/mol. The third-order valence-corrected chi connectivity index (χ3v) is 8.13. The highest BCUT2D eigenvalue weighted by molar-refractivity contribution is 6.00. The third kappa shape index (κ3) is 10.0. The largest absolute Gasteiger partial charge is 0.481 e. The van der Waals surface area contributed by atoms with Crippen LogP contribution in [0.3, 0.4) is 0 Å². The van der Waals surface area contributed by atoms with Gasteiger partial charge in [0.25, 0.3) is 0 Å². The third-order valence-electron chi connectivity index (χ3n) is 8.13. The van der Waals surface area contributed by atoms with Crippen molar-refractivity contribution in [3.63, 3.8) is 0 Å². The second-order valence-corrected chi connectivity index (χ2v) is 12.3. The van der Waals surface area contributed by atoms with Crippen LogP contribution in [0.5, 0.6) is 11.5 Å². The van der Waals surface area contributed by atoms with Crippen molar-refractivity contribution in [2.24, 2.45) is 0 Å². The van der Waals surface area contributed by atoms with Crippen LogP contribution in [0.2, 0.25) is 0 Å². The van der Waals surface area contributed by atoms with Gasteiger partial charge in [0.15, 0.2) is 5.60 Å². The van der Waals surface area contributed by atoms with Gasteiger partial charge in [-0.3, -0.25) is 24.2 Å². The van der Waals surface area contributed by atoms with Crippen molar-refractivity contribution in [1.29, 1.82) is 0 Å². The van der Waals surface area contributed by atoms with Gasteiger partial charge in [-0.05, 0) is 62.3 Å². The van der Waals surface area contributed by atoms with Crippen LogP contribution >= 0.6 is 0 Å². The quantitative estimate of drug-likeness (QED) is 0.0317. The molecule has 1 atom stereocenters. The van der Waals surface area contributed by atoms with Crippen LogP contribution in [-0.4, -0.2) is 121 Å². The maximum absolute atomic E-state index is 12.6. The van der Waals surface area contributed by atoms with E-state index in [1.54, 1.807) is 42.7 Å². The molecule has 4 aromatic rings. The molecule has 7 N–H and O–H groups in total. The standard InChI is InChI=1S/C35H38N4O13/c1-38(11-9-20-17-36-23-5-3-7-25(31(20)23)51-29(44)14-22(33(46)47)13-27(40)41)19-39(2)12-10-21-18-37-24-6-4-8-26(32(21)24)52-30(45)16-35(50,34(48)49)15-28(42)43/h3-8,14,17-18,36-37,50H,9-13,15-16,19H2,1-2H3,(H,40,41)(H,42,43)(H,46,47)(H,48,49)/b22-14-. The van der Waals surface area contributed by atoms with Crippen LogP contribution in [0, 0.1) is 0 Å². The highest BCUT2D eigenvalue weighted by atomic mass is 16.5. The van der Waals surface area contributed by atoms with E-state index >= 15 is 0 Å². The van der Waals surface area contributed by atoms with Gasteiger partial charge in [0.1, 0.15) is 11.5 Å². The van der Waals surface area contributed by atoms with Crippen LogP contribution in [0.1, 0.15) is 30.4 Å². The van der Waals surface area contributed by atoms with E-state index in [2.05, 4.69) is 19.8 Å². The van der Waals surface area contributed by atoms with Crippen LogP contribution < -0.4 is 9.47 Å². The lowest BCUT2D eigenvalue weighted by Crippen LogP contribution is -2.43. The van der Waals surface area contributed by atoms with Crippen LogP contribution in [-0.2, 0) is 41.6 Å². The number of carbonyl (C=O) groups excluding carboxylic acids is 2. The summed E-state index contributed by atoms with van der Waals surface area (Å²) in [6, 6.07) is 9.94. The number of carbonyl (C=O) groups is 6. The smallest absolute Gasteiger partial charge is 0.336 e. The molecule has 17 nitrogen and oxygen atoms in total. The summed E-state index contributed by atoms with van der Waals surface area (Å²) >= 11 is 0. The highest BCUT2D eigenvalue weighted by Crippen LogP contribution is 2.31. The summed E-state index contributed by atoms with van der Waals surface area (Å²) in [5.41, 5.74) is -0.450. The number of nitrogens with one attached hydrogen (secondary N) is 2. The number of H-pyrrole nitrogens is 2. The molecule has 52 heavy (non-hydrogen) atoms. The molecule has 0 aliphatic carbocycles. The number of aromatic nitrogens is 2. The average molecular weight is 723 g/mol. The number of aliphatic hydroxyl groups is 1. The topological polar surface area (TPSA) is 260 Å². The number of hydrogen-bond donors (Lipinski definition) is 7. The second-order valence-electron chi connectivity index (χ2n) is 12.3. The monoisotopic (exact) mass is 722 g/mol. The van der Waals surface area contributed by atoms with Crippen molar-refractivity contribution in [1.82, 2.24) is 19.8 Å². The number of rotatable bonds is 19. The van der Waals surface area contributed by atoms with E-state index in [9.17, 15) is 44.1 Å². The highest BCUT2D eigenvalue weighted by Gasteiger charge is 2.41. The number of carboxylic acids is 4. The first-order valence-electron chi connectivity index (χ1n) is 15.9. The Hall–Kier alpha value is -6.04. The number of likely N-dealkylation sites (N-methyl/N-ethyl adjacent to an activating group) is 2. The molecule has 0 aliphatic heterocycles. The van der Waals surface area contributed by atoms with Crippen molar-refractivity contribution < 1.29 is 63.8 Å². The van der Waals surface area contributed by atoms with Gasteiger partial charge in [-0.2, -0.15) is 0 Å². The fourth-order valence-electron chi connectivity index (χ4n) is 5.67. The lowest BCUT2D eigenvalue weighted by molar-refractivity contribution is -0.169. The Bertz CT molecular complexity index is 2030. The van der Waals surface area contributed by atoms with E-state index < -0.39 is 66.3 Å². The number of ether oxygens (including phenoxy) is 2. The van der Waals surface area contributed by atoms with Crippen molar-refractivity contribution in [3.05, 3.63) is 71.6 Å². The lowest BCUT2D eigenvalue weighted by Gasteiger charge is -2.24. The number of carboxylic acid groups (broad SMARTS) is 4. The lowest BCUT2D eigenvalue weighted by atomic mass is 9.96. The first-order valence-corrected chi connectivity index (χ1v) is 15.9. The predicted octanol–water partition coefficient (Wildman–Crippen LogP) is 2.23. The van der Waals surface area contributed by atoms with Gasteiger partial charge in [0.05, 0.1) is 31.5 Å². The summed E-state index contributed by atoms with van der Waals surface area (Å²) in [5.74, 6) is -8.18. The number of nitrogens with zero attached hydrogens (tertiary/aromatic N) is 2. The molecule has 0 radical (unpaired) electrons. The maximum atomic E-state index is 12.6. The van der Waals surface area contributed by atoms with E-state index in [1.807, 2.05) is 14.1 Å². The minimum absolute atomic E-state index is 0.129. The van der Waals surface area contributed by atoms with E-state index in [1.165, 1.54) is 6.07 Å². The normalized spacial score (nSPS) is 13.0. The van der Waals surface area contributed by atoms with Crippen molar-refractivity contribution in [2.45, 2.75) is 37.7 Å². The Balaban J connectivity index is 1.36. The molecule has 17 heteroatoms. The summed E-state index contributed by atoms with van der Waals surface area (Å²) in [4.78, 5) is 80.4. The number of benzene rings is 2. The molecule has 1 unspecified atom stereocenters. The number of hydrogen-bond acceptors (Lipinski definition) is 11. The van der Waals surface area contributed by atoms with Crippen LogP contribution in [0.4, 0.5) is 0 Å². The summed E-state index contributed by atoms with van der Waals surface area (Å²) in [6.07, 6.45) is 2.20. The molecule has 2 aromatic carbocycles. The van der Waals surface area contributed by atoms with Crippen molar-refractivity contribution >= 4 is 57.6 Å². The Morgan fingerprint density at radius 3 is 1.73 bits per heavy atom. The molecule has 0 saturated heterocycles. The van der Waals surface area contributed by atoms with Gasteiger partial charge < -0.3 is 45.0 Å². The molecule has 0 bridgehead atoms. The van der Waals surface area contributed by atoms with E-state index in [-0.39, 0.29) is 11.5 Å². The SMILES string of the molecule is CN(CCc1c[nH]c2cccc(OC(=O)/C=C(/CC(=O)O)C(=O)O)c12)CN(C)CCc1c[nH]c2cccc(OC(=O)CC(O)(CC(=O)O)C(=O)O)c12. The number of aromatic amines is 2. The van der Waals surface area contributed by atoms with Gasteiger partial charge in [0.2, 0.25) is 0 Å². The van der Waals surface area contributed by atoms with Crippen LogP contribution in [0.25, 0.3) is 21.8 Å². The number of fused-ring (bicyclic) bond motifs is 2. The molecule has 0 fully saturated rings. The van der Waals surface area contributed by atoms with Gasteiger partial charge in [-0.15, -0.1) is 0 Å². The molecular formula is C35H38N4O13. The minimum atomic E-state index is -2.83. The Labute approximate surface area is 295 Å². The van der Waals surface area contributed by atoms with Gasteiger partial charge in [-0.25, -0.2) is 14.4 Å². The van der Waals surface area contributed by atoms with E-state index in [0.717, 1.165) is 11.1 Å². The zero-order chi connectivity index (χ0) is 38.2. The summed E-state index contributed by atoms with van der Waals surface area (Å²) in [5, 5.41) is 47.9. The van der Waals surface area contributed by atoms with E-state index in [4.69, 9.17) is 19.7 Å². The molecule has 0 amide bonds. The van der Waals surface area contributed by atoms with Gasteiger partial charge in [0, 0.05) is 53.4 Å². The molecule has 0 aliphatic rings. The van der Waals surface area contributed by atoms with Crippen molar-refractivity contribution in [3.8, 4) is 11.5 Å². The zero-order valence-corrected chi connectivity index (χ0v) is 28.2. The number of aliphatic carboxylic acids is 4. The van der Waals surface area contributed by atoms with Crippen molar-refractivity contribution in [2.75, 3.05) is 33.9 Å². The Kier molecular flexibility index (Phi) is 12.5. The molecule has 0 spiro atoms. The summed E-state index contributed by atoms with van der Waals surface area (Å²) < 4.78 is 10.9. The number of esters is 2. The zero-order valence-electron chi connectivity index (χ0n) is 28.2. The Morgan fingerprint density at radius 1 is 0.750 bits per heavy atom. The molecule has 4 rings (SSSR count). The van der Waals surface area contributed by atoms with Crippen LogP contribution in [0.15, 0.2) is 60.4 Å². The minimum Gasteiger partial charge on any atom is -0.481 e. The maximum Gasteiger partial charge on any atom is 0.336 e. The first-order chi connectivity index (χ1) is 24.6. The fourth-order valence-corrected chi connectivity index (χ4v) is 5.67. The average Bonchev–Trinajstić information content (AvgIpc) is 3.67. The fraction of sp³-hybridized carbons (Fsp3) is 0.314. The van der Waals surface area contributed by atoms with E-state index in [0.29, 0.717) is 60.5 Å². The summed E-state index contributed by atoms with van der Waals surface area (Å²) in [6.45, 7) is 1.73. The molecule has 2 heterocycles. The van der Waals surface area contributed by atoms with Gasteiger partial charge >= 0.3 is 35.8 Å². The predicted molar refractivity (Wildman–Crippen MR) is 183 cm³/mol. The summed E-state index contributed by atoms with van der Waals surface area (Å²) in [7, 11) is 3.85. The Morgan fingerprint density at radius 2 is 1.27 bits per heavy atom. The molecule has 0 saturated carbocycles. The van der Waals surface area contributed by atoms with Gasteiger partial charge in [-0.1, -0.05) is 12.1 Å². The first kappa shape index (κ1) is 38.8.